The summed E-state index contributed by atoms with van der Waals surface area (Å²) in [6.45, 7) is 4.54. The zero-order valence-corrected chi connectivity index (χ0v) is 17.0. The van der Waals surface area contributed by atoms with Crippen LogP contribution in [0.4, 0.5) is 0 Å². The molecule has 0 unspecified atom stereocenters. The van der Waals surface area contributed by atoms with Gasteiger partial charge in [-0.1, -0.05) is 25.3 Å². The number of unbranched alkanes of at least 4 members (excludes halogenated alkanes) is 1. The summed E-state index contributed by atoms with van der Waals surface area (Å²) in [5.74, 6) is 0.941. The molecule has 24 heavy (non-hydrogen) atoms. The number of nitrogens with zero attached hydrogens (tertiary/aromatic N) is 2. The Kier molecular flexibility index (Phi) is 10.8. The van der Waals surface area contributed by atoms with Gasteiger partial charge in [-0.05, 0) is 38.7 Å². The van der Waals surface area contributed by atoms with Gasteiger partial charge in [0.2, 0.25) is 5.56 Å². The number of hydrogen-bond acceptors (Lipinski definition) is 2. The lowest BCUT2D eigenvalue weighted by molar-refractivity contribution is 0.410. The summed E-state index contributed by atoms with van der Waals surface area (Å²) < 4.78 is 1.76. The first kappa shape index (κ1) is 21.0. The number of hydrogen-bond donors (Lipinski definition) is 2. The Morgan fingerprint density at radius 2 is 2.04 bits per heavy atom. The summed E-state index contributed by atoms with van der Waals surface area (Å²) in [6, 6.07) is 5.86. The standard InChI is InChI=1S/C18H30N4O.HI/c1-2-19-18(21-16-10-4-3-5-11-16)20-13-7-9-15-22-14-8-6-12-17(22)23;/h6,8,12,14,16H,2-5,7,9-11,13,15H2,1H3,(H2,19,20,21);1H. The van der Waals surface area contributed by atoms with Crippen molar-refractivity contribution >= 4 is 29.9 Å². The second kappa shape index (κ2) is 12.3. The molecule has 0 radical (unpaired) electrons. The van der Waals surface area contributed by atoms with Crippen LogP contribution in [0, 0.1) is 0 Å². The fourth-order valence-electron chi connectivity index (χ4n) is 2.99. The first-order valence-electron chi connectivity index (χ1n) is 9.00. The molecule has 2 rings (SSSR count). The van der Waals surface area contributed by atoms with Gasteiger partial charge in [0.15, 0.2) is 5.96 Å². The van der Waals surface area contributed by atoms with Gasteiger partial charge >= 0.3 is 0 Å². The van der Waals surface area contributed by atoms with E-state index in [1.54, 1.807) is 16.7 Å². The average molecular weight is 446 g/mol. The Hall–Kier alpha value is -1.05. The van der Waals surface area contributed by atoms with Gasteiger partial charge in [0.25, 0.3) is 0 Å². The highest BCUT2D eigenvalue weighted by Crippen LogP contribution is 2.17. The van der Waals surface area contributed by atoms with Gasteiger partial charge < -0.3 is 15.2 Å². The maximum Gasteiger partial charge on any atom is 0.250 e. The van der Waals surface area contributed by atoms with E-state index in [1.807, 2.05) is 12.3 Å². The van der Waals surface area contributed by atoms with Gasteiger partial charge in [0, 0.05) is 37.9 Å². The van der Waals surface area contributed by atoms with Crippen LogP contribution < -0.4 is 16.2 Å². The van der Waals surface area contributed by atoms with E-state index in [2.05, 4.69) is 22.5 Å². The molecule has 2 N–H and O–H groups in total. The minimum Gasteiger partial charge on any atom is -0.357 e. The topological polar surface area (TPSA) is 58.4 Å². The van der Waals surface area contributed by atoms with Gasteiger partial charge in [0.1, 0.15) is 0 Å². The fourth-order valence-corrected chi connectivity index (χ4v) is 2.99. The van der Waals surface area contributed by atoms with Crippen molar-refractivity contribution in [1.29, 1.82) is 0 Å². The average Bonchev–Trinajstić information content (AvgIpc) is 2.57. The van der Waals surface area contributed by atoms with Crippen molar-refractivity contribution in [2.24, 2.45) is 4.99 Å². The summed E-state index contributed by atoms with van der Waals surface area (Å²) in [5.41, 5.74) is 0.0725. The molecule has 1 aromatic rings. The van der Waals surface area contributed by atoms with Crippen LogP contribution in [-0.2, 0) is 6.54 Å². The third-order valence-corrected chi connectivity index (χ3v) is 4.27. The van der Waals surface area contributed by atoms with Crippen LogP contribution in [0.15, 0.2) is 34.2 Å². The number of guanidine groups is 1. The van der Waals surface area contributed by atoms with Crippen molar-refractivity contribution < 1.29 is 0 Å². The Labute approximate surface area is 162 Å². The van der Waals surface area contributed by atoms with Crippen molar-refractivity contribution in [1.82, 2.24) is 15.2 Å². The fraction of sp³-hybridized carbons (Fsp3) is 0.667. The molecule has 0 bridgehead atoms. The van der Waals surface area contributed by atoms with E-state index in [4.69, 9.17) is 0 Å². The predicted octanol–water partition coefficient (Wildman–Crippen LogP) is 3.13. The maximum atomic E-state index is 11.6. The van der Waals surface area contributed by atoms with Gasteiger partial charge in [0.05, 0.1) is 0 Å². The summed E-state index contributed by atoms with van der Waals surface area (Å²) >= 11 is 0. The van der Waals surface area contributed by atoms with Gasteiger partial charge in [-0.2, -0.15) is 0 Å². The normalized spacial score (nSPS) is 15.6. The van der Waals surface area contributed by atoms with Gasteiger partial charge in [-0.3, -0.25) is 9.79 Å². The summed E-state index contributed by atoms with van der Waals surface area (Å²) in [4.78, 5) is 16.3. The van der Waals surface area contributed by atoms with Crippen molar-refractivity contribution in [3.8, 4) is 0 Å². The van der Waals surface area contributed by atoms with Crippen molar-refractivity contribution in [3.05, 3.63) is 34.7 Å². The molecule has 1 aromatic heterocycles. The molecule has 1 aliphatic rings. The van der Waals surface area contributed by atoms with E-state index in [0.29, 0.717) is 6.04 Å². The van der Waals surface area contributed by atoms with E-state index in [0.717, 1.165) is 38.4 Å². The lowest BCUT2D eigenvalue weighted by atomic mass is 9.96. The SMILES string of the molecule is CCNC(=NCCCCn1ccccc1=O)NC1CCCCC1.I. The smallest absolute Gasteiger partial charge is 0.250 e. The molecule has 0 aliphatic heterocycles. The van der Waals surface area contributed by atoms with Crippen LogP contribution in [0.25, 0.3) is 0 Å². The van der Waals surface area contributed by atoms with Crippen LogP contribution in [0.5, 0.6) is 0 Å². The van der Waals surface area contributed by atoms with E-state index in [1.165, 1.54) is 32.1 Å². The molecule has 1 fully saturated rings. The quantitative estimate of drug-likeness (QED) is 0.293. The highest BCUT2D eigenvalue weighted by Gasteiger charge is 2.14. The predicted molar refractivity (Wildman–Crippen MR) is 111 cm³/mol. The molecule has 6 heteroatoms. The van der Waals surface area contributed by atoms with E-state index >= 15 is 0 Å². The van der Waals surface area contributed by atoms with Crippen molar-refractivity contribution in [3.63, 3.8) is 0 Å². The lowest BCUT2D eigenvalue weighted by Crippen LogP contribution is -2.44. The first-order chi connectivity index (χ1) is 11.3. The largest absolute Gasteiger partial charge is 0.357 e. The molecule has 0 atom stereocenters. The third-order valence-electron chi connectivity index (χ3n) is 4.27. The van der Waals surface area contributed by atoms with Crippen LogP contribution >= 0.6 is 24.0 Å². The molecular formula is C18H31IN4O. The lowest BCUT2D eigenvalue weighted by Gasteiger charge is -2.24. The minimum atomic E-state index is 0. The Morgan fingerprint density at radius 1 is 1.25 bits per heavy atom. The molecule has 0 spiro atoms. The number of aromatic nitrogens is 1. The molecule has 1 heterocycles. The molecular weight excluding hydrogens is 415 g/mol. The van der Waals surface area contributed by atoms with E-state index in [-0.39, 0.29) is 29.5 Å². The Morgan fingerprint density at radius 3 is 2.75 bits per heavy atom. The number of aliphatic imine (C=N–C) groups is 1. The second-order valence-corrected chi connectivity index (χ2v) is 6.18. The molecule has 5 nitrogen and oxygen atoms in total. The second-order valence-electron chi connectivity index (χ2n) is 6.18. The number of halogens is 1. The monoisotopic (exact) mass is 446 g/mol. The molecule has 136 valence electrons. The van der Waals surface area contributed by atoms with E-state index in [9.17, 15) is 4.79 Å². The highest BCUT2D eigenvalue weighted by atomic mass is 127. The summed E-state index contributed by atoms with van der Waals surface area (Å²) in [6.07, 6.45) is 10.3. The number of nitrogens with one attached hydrogen (secondary N) is 2. The van der Waals surface area contributed by atoms with Crippen LogP contribution in [0.2, 0.25) is 0 Å². The van der Waals surface area contributed by atoms with E-state index < -0.39 is 0 Å². The summed E-state index contributed by atoms with van der Waals surface area (Å²) in [7, 11) is 0. The van der Waals surface area contributed by atoms with Crippen LogP contribution in [0.3, 0.4) is 0 Å². The third kappa shape index (κ3) is 7.68. The number of pyridine rings is 1. The summed E-state index contributed by atoms with van der Waals surface area (Å²) in [5, 5.41) is 6.89. The Balaban J connectivity index is 0.00000288. The number of aryl methyl sites for hydroxylation is 1. The molecule has 0 saturated heterocycles. The highest BCUT2D eigenvalue weighted by molar-refractivity contribution is 14.0. The molecule has 0 amide bonds. The molecule has 0 aromatic carbocycles. The molecule has 1 saturated carbocycles. The van der Waals surface area contributed by atoms with Gasteiger partial charge in [-0.15, -0.1) is 24.0 Å². The number of rotatable bonds is 7. The van der Waals surface area contributed by atoms with Gasteiger partial charge in [-0.25, -0.2) is 0 Å². The van der Waals surface area contributed by atoms with Crippen LogP contribution in [0.1, 0.15) is 51.9 Å². The zero-order valence-electron chi connectivity index (χ0n) is 14.7. The zero-order chi connectivity index (χ0) is 16.3. The van der Waals surface area contributed by atoms with Crippen molar-refractivity contribution in [2.75, 3.05) is 13.1 Å². The first-order valence-corrected chi connectivity index (χ1v) is 9.00. The Bertz CT molecular complexity index is 538. The van der Waals surface area contributed by atoms with Crippen LogP contribution in [-0.4, -0.2) is 29.7 Å². The molecule has 1 aliphatic carbocycles. The maximum absolute atomic E-state index is 11.6. The van der Waals surface area contributed by atoms with Crippen molar-refractivity contribution in [2.45, 2.75) is 64.5 Å². The minimum absolute atomic E-state index is 0.